The molecule has 1 heterocycles. The summed E-state index contributed by atoms with van der Waals surface area (Å²) in [5.41, 5.74) is 2.81. The fourth-order valence-electron chi connectivity index (χ4n) is 1.70. The van der Waals surface area contributed by atoms with Crippen molar-refractivity contribution in [3.8, 4) is 0 Å². The molecule has 1 aromatic carbocycles. The molecule has 0 aliphatic carbocycles. The van der Waals surface area contributed by atoms with E-state index < -0.39 is 0 Å². The van der Waals surface area contributed by atoms with Crippen LogP contribution in [0.1, 0.15) is 24.5 Å². The number of aryl methyl sites for hydroxylation is 2. The standard InChI is InChI=1S/C14H20O2/c1-2-12-5-7-13(8-6-12)4-3-9-15-10-14-11-16-14/h5-8,14H,2-4,9-11H2,1H3. The SMILES string of the molecule is CCc1ccc(CCCOCC2CO2)cc1. The number of hydrogen-bond acceptors (Lipinski definition) is 2. The third-order valence-electron chi connectivity index (χ3n) is 2.89. The molecule has 0 spiro atoms. The van der Waals surface area contributed by atoms with Gasteiger partial charge >= 0.3 is 0 Å². The monoisotopic (exact) mass is 220 g/mol. The second kappa shape index (κ2) is 6.02. The zero-order valence-corrected chi connectivity index (χ0v) is 9.95. The van der Waals surface area contributed by atoms with Crippen LogP contribution in [-0.2, 0) is 22.3 Å². The molecule has 0 bridgehead atoms. The van der Waals surface area contributed by atoms with E-state index >= 15 is 0 Å². The van der Waals surface area contributed by atoms with Gasteiger partial charge in [-0.3, -0.25) is 0 Å². The number of hydrogen-bond donors (Lipinski definition) is 0. The Morgan fingerprint density at radius 1 is 1.25 bits per heavy atom. The first-order valence-electron chi connectivity index (χ1n) is 6.15. The maximum absolute atomic E-state index is 5.50. The molecule has 2 nitrogen and oxygen atoms in total. The van der Waals surface area contributed by atoms with Crippen LogP contribution in [0.5, 0.6) is 0 Å². The molecule has 1 aromatic rings. The van der Waals surface area contributed by atoms with E-state index in [9.17, 15) is 0 Å². The summed E-state index contributed by atoms with van der Waals surface area (Å²) in [5.74, 6) is 0. The lowest BCUT2D eigenvalue weighted by molar-refractivity contribution is 0.114. The highest BCUT2D eigenvalue weighted by atomic mass is 16.6. The van der Waals surface area contributed by atoms with Crippen molar-refractivity contribution < 1.29 is 9.47 Å². The van der Waals surface area contributed by atoms with Crippen molar-refractivity contribution in [2.45, 2.75) is 32.3 Å². The van der Waals surface area contributed by atoms with Gasteiger partial charge in [0.15, 0.2) is 0 Å². The number of benzene rings is 1. The molecular weight excluding hydrogens is 200 g/mol. The Balaban J connectivity index is 1.60. The van der Waals surface area contributed by atoms with E-state index in [4.69, 9.17) is 9.47 Å². The first kappa shape index (κ1) is 11.6. The molecule has 2 heteroatoms. The van der Waals surface area contributed by atoms with Crippen molar-refractivity contribution in [1.29, 1.82) is 0 Å². The van der Waals surface area contributed by atoms with Crippen molar-refractivity contribution in [3.05, 3.63) is 35.4 Å². The Hall–Kier alpha value is -0.860. The maximum atomic E-state index is 5.50. The van der Waals surface area contributed by atoms with Gasteiger partial charge in [0.2, 0.25) is 0 Å². The second-order valence-corrected chi connectivity index (χ2v) is 4.30. The highest BCUT2D eigenvalue weighted by Gasteiger charge is 2.21. The largest absolute Gasteiger partial charge is 0.379 e. The minimum Gasteiger partial charge on any atom is -0.379 e. The molecule has 1 fully saturated rings. The highest BCUT2D eigenvalue weighted by Crippen LogP contribution is 2.10. The number of ether oxygens (including phenoxy) is 2. The quantitative estimate of drug-likeness (QED) is 0.520. The summed E-state index contributed by atoms with van der Waals surface area (Å²) in [5, 5.41) is 0. The van der Waals surface area contributed by atoms with Crippen molar-refractivity contribution in [2.75, 3.05) is 19.8 Å². The van der Waals surface area contributed by atoms with Crippen LogP contribution in [0.25, 0.3) is 0 Å². The highest BCUT2D eigenvalue weighted by molar-refractivity contribution is 5.22. The van der Waals surface area contributed by atoms with E-state index in [1.807, 2.05) is 0 Å². The molecular formula is C14H20O2. The molecule has 16 heavy (non-hydrogen) atoms. The van der Waals surface area contributed by atoms with Gasteiger partial charge in [0.25, 0.3) is 0 Å². The van der Waals surface area contributed by atoms with Gasteiger partial charge < -0.3 is 9.47 Å². The van der Waals surface area contributed by atoms with E-state index in [0.717, 1.165) is 39.1 Å². The van der Waals surface area contributed by atoms with Crippen LogP contribution in [0.2, 0.25) is 0 Å². The average molecular weight is 220 g/mol. The van der Waals surface area contributed by atoms with E-state index in [2.05, 4.69) is 31.2 Å². The van der Waals surface area contributed by atoms with Gasteiger partial charge in [-0.1, -0.05) is 31.2 Å². The summed E-state index contributed by atoms with van der Waals surface area (Å²) < 4.78 is 10.6. The molecule has 0 aromatic heterocycles. The molecule has 2 rings (SSSR count). The fourth-order valence-corrected chi connectivity index (χ4v) is 1.70. The van der Waals surface area contributed by atoms with Crippen molar-refractivity contribution >= 4 is 0 Å². The molecule has 0 radical (unpaired) electrons. The third kappa shape index (κ3) is 3.95. The minimum atomic E-state index is 0.392. The lowest BCUT2D eigenvalue weighted by Gasteiger charge is -2.03. The van der Waals surface area contributed by atoms with E-state index in [1.165, 1.54) is 11.1 Å². The predicted octanol–water partition coefficient (Wildman–Crippen LogP) is 2.60. The number of rotatable bonds is 7. The van der Waals surface area contributed by atoms with Crippen LogP contribution in [0.3, 0.4) is 0 Å². The first-order valence-corrected chi connectivity index (χ1v) is 6.15. The van der Waals surface area contributed by atoms with Gasteiger partial charge in [0.05, 0.1) is 13.2 Å². The molecule has 0 N–H and O–H groups in total. The predicted molar refractivity (Wildman–Crippen MR) is 64.7 cm³/mol. The van der Waals surface area contributed by atoms with Gasteiger partial charge in [-0.15, -0.1) is 0 Å². The summed E-state index contributed by atoms with van der Waals surface area (Å²) in [7, 11) is 0. The Labute approximate surface area is 97.6 Å². The van der Waals surface area contributed by atoms with Crippen LogP contribution in [0, 0.1) is 0 Å². The van der Waals surface area contributed by atoms with Crippen molar-refractivity contribution in [2.24, 2.45) is 0 Å². The normalized spacial score (nSPS) is 18.7. The third-order valence-corrected chi connectivity index (χ3v) is 2.89. The minimum absolute atomic E-state index is 0.392. The molecule has 1 unspecified atom stereocenters. The zero-order valence-electron chi connectivity index (χ0n) is 9.95. The summed E-state index contributed by atoms with van der Waals surface area (Å²) in [6.07, 6.45) is 3.71. The Morgan fingerprint density at radius 2 is 1.94 bits per heavy atom. The summed E-state index contributed by atoms with van der Waals surface area (Å²) in [6, 6.07) is 8.88. The summed E-state index contributed by atoms with van der Waals surface area (Å²) >= 11 is 0. The molecule has 88 valence electrons. The molecule has 1 aliphatic rings. The van der Waals surface area contributed by atoms with Crippen LogP contribution in [0.15, 0.2) is 24.3 Å². The van der Waals surface area contributed by atoms with Gasteiger partial charge in [-0.25, -0.2) is 0 Å². The van der Waals surface area contributed by atoms with Gasteiger partial charge in [0, 0.05) is 6.61 Å². The first-order chi connectivity index (χ1) is 7.88. The Bertz CT molecular complexity index is 301. The van der Waals surface area contributed by atoms with E-state index in [0.29, 0.717) is 6.10 Å². The molecule has 0 saturated carbocycles. The van der Waals surface area contributed by atoms with Gasteiger partial charge in [0.1, 0.15) is 6.10 Å². The molecule has 1 atom stereocenters. The lowest BCUT2D eigenvalue weighted by Crippen LogP contribution is -2.03. The number of epoxide rings is 1. The van der Waals surface area contributed by atoms with E-state index in [1.54, 1.807) is 0 Å². The van der Waals surface area contributed by atoms with Crippen LogP contribution < -0.4 is 0 Å². The summed E-state index contributed by atoms with van der Waals surface area (Å²) in [4.78, 5) is 0. The molecule has 0 amide bonds. The Kier molecular flexibility index (Phi) is 4.37. The average Bonchev–Trinajstić information content (AvgIpc) is 3.13. The Morgan fingerprint density at radius 3 is 2.56 bits per heavy atom. The van der Waals surface area contributed by atoms with Crippen LogP contribution >= 0.6 is 0 Å². The molecule has 1 aliphatic heterocycles. The fraction of sp³-hybridized carbons (Fsp3) is 0.571. The second-order valence-electron chi connectivity index (χ2n) is 4.30. The van der Waals surface area contributed by atoms with Gasteiger partial charge in [-0.2, -0.15) is 0 Å². The van der Waals surface area contributed by atoms with Gasteiger partial charge in [-0.05, 0) is 30.4 Å². The molecule has 1 saturated heterocycles. The van der Waals surface area contributed by atoms with E-state index in [-0.39, 0.29) is 0 Å². The topological polar surface area (TPSA) is 21.8 Å². The lowest BCUT2D eigenvalue weighted by atomic mass is 10.1. The van der Waals surface area contributed by atoms with Crippen LogP contribution in [-0.4, -0.2) is 25.9 Å². The maximum Gasteiger partial charge on any atom is 0.104 e. The van der Waals surface area contributed by atoms with Crippen molar-refractivity contribution in [1.82, 2.24) is 0 Å². The summed E-state index contributed by atoms with van der Waals surface area (Å²) in [6.45, 7) is 4.69. The zero-order chi connectivity index (χ0) is 11.2. The van der Waals surface area contributed by atoms with Crippen LogP contribution in [0.4, 0.5) is 0 Å². The smallest absolute Gasteiger partial charge is 0.104 e. The van der Waals surface area contributed by atoms with Crippen molar-refractivity contribution in [3.63, 3.8) is 0 Å².